The average molecular weight is 302 g/mol. The van der Waals surface area contributed by atoms with Crippen LogP contribution in [-0.4, -0.2) is 60.6 Å². The number of benzene rings is 1. The molecule has 1 spiro atoms. The molecule has 0 saturated carbocycles. The summed E-state index contributed by atoms with van der Waals surface area (Å²) >= 11 is 0. The monoisotopic (exact) mass is 302 g/mol. The third kappa shape index (κ3) is 3.68. The van der Waals surface area contributed by atoms with Crippen LogP contribution >= 0.6 is 0 Å². The van der Waals surface area contributed by atoms with Gasteiger partial charge >= 0.3 is 0 Å². The van der Waals surface area contributed by atoms with Crippen LogP contribution in [0, 0.1) is 0 Å². The molecule has 0 radical (unpaired) electrons. The Balaban J connectivity index is 1.58. The maximum Gasteiger partial charge on any atom is 0.219 e. The van der Waals surface area contributed by atoms with Gasteiger partial charge in [0, 0.05) is 26.6 Å². The summed E-state index contributed by atoms with van der Waals surface area (Å²) in [5.74, 6) is 0.170. The van der Waals surface area contributed by atoms with Gasteiger partial charge in [-0.1, -0.05) is 30.3 Å². The van der Waals surface area contributed by atoms with Gasteiger partial charge in [-0.3, -0.25) is 4.79 Å². The molecule has 0 unspecified atom stereocenters. The van der Waals surface area contributed by atoms with Crippen molar-refractivity contribution in [1.82, 2.24) is 9.80 Å². The zero-order chi connectivity index (χ0) is 15.4. The number of ether oxygens (including phenoxy) is 1. The number of hydrogen-bond donors (Lipinski definition) is 0. The first-order valence-corrected chi connectivity index (χ1v) is 8.33. The lowest BCUT2D eigenvalue weighted by Gasteiger charge is -2.48. The number of piperidine rings is 1. The van der Waals surface area contributed by atoms with Crippen molar-refractivity contribution in [2.45, 2.75) is 31.8 Å². The molecule has 2 aliphatic rings. The second-order valence-electron chi connectivity index (χ2n) is 6.59. The second kappa shape index (κ2) is 6.80. The summed E-state index contributed by atoms with van der Waals surface area (Å²) in [6, 6.07) is 10.6. The fraction of sp³-hybridized carbons (Fsp3) is 0.611. The molecule has 2 heterocycles. The molecule has 0 aromatic heterocycles. The lowest BCUT2D eigenvalue weighted by molar-refractivity contribution is -0.159. The molecule has 2 fully saturated rings. The molecule has 0 aliphatic carbocycles. The van der Waals surface area contributed by atoms with E-state index < -0.39 is 0 Å². The number of morpholine rings is 1. The van der Waals surface area contributed by atoms with Crippen molar-refractivity contribution in [3.63, 3.8) is 0 Å². The molecule has 1 aromatic carbocycles. The predicted octanol–water partition coefficient (Wildman–Crippen LogP) is 1.94. The van der Waals surface area contributed by atoms with Crippen LogP contribution in [0.3, 0.4) is 0 Å². The van der Waals surface area contributed by atoms with Crippen LogP contribution in [0.5, 0.6) is 0 Å². The molecule has 1 amide bonds. The van der Waals surface area contributed by atoms with Gasteiger partial charge in [-0.25, -0.2) is 0 Å². The van der Waals surface area contributed by atoms with E-state index in [9.17, 15) is 4.79 Å². The fourth-order valence-corrected chi connectivity index (χ4v) is 3.67. The van der Waals surface area contributed by atoms with Gasteiger partial charge in [0.1, 0.15) is 0 Å². The maximum atomic E-state index is 11.7. The summed E-state index contributed by atoms with van der Waals surface area (Å²) < 4.78 is 6.13. The summed E-state index contributed by atoms with van der Waals surface area (Å²) in [5.41, 5.74) is 1.25. The minimum absolute atomic E-state index is 0.140. The van der Waals surface area contributed by atoms with Crippen LogP contribution in [0.1, 0.15) is 25.3 Å². The van der Waals surface area contributed by atoms with Crippen molar-refractivity contribution in [1.29, 1.82) is 0 Å². The molecule has 1 aromatic rings. The molecule has 1 atom stereocenters. The summed E-state index contributed by atoms with van der Waals surface area (Å²) in [7, 11) is 0. The Morgan fingerprint density at radius 2 is 2.05 bits per heavy atom. The topological polar surface area (TPSA) is 32.8 Å². The third-order valence-electron chi connectivity index (χ3n) is 4.87. The zero-order valence-corrected chi connectivity index (χ0v) is 13.5. The van der Waals surface area contributed by atoms with Crippen LogP contribution in [0.25, 0.3) is 0 Å². The van der Waals surface area contributed by atoms with E-state index in [1.807, 2.05) is 4.90 Å². The van der Waals surface area contributed by atoms with Gasteiger partial charge in [0.05, 0.1) is 18.8 Å². The predicted molar refractivity (Wildman–Crippen MR) is 86.8 cm³/mol. The van der Waals surface area contributed by atoms with Crippen LogP contribution in [0.15, 0.2) is 30.3 Å². The molecule has 0 bridgehead atoms. The van der Waals surface area contributed by atoms with Crippen LogP contribution in [0.4, 0.5) is 0 Å². The number of carbonyl (C=O) groups excluding carboxylic acids is 1. The third-order valence-corrected chi connectivity index (χ3v) is 4.87. The summed E-state index contributed by atoms with van der Waals surface area (Å²) in [6.45, 7) is 6.98. The van der Waals surface area contributed by atoms with Crippen LogP contribution in [0.2, 0.25) is 0 Å². The highest BCUT2D eigenvalue weighted by atomic mass is 16.5. The van der Waals surface area contributed by atoms with E-state index in [4.69, 9.17) is 4.74 Å². The van der Waals surface area contributed by atoms with Crippen molar-refractivity contribution in [2.75, 3.05) is 39.3 Å². The Morgan fingerprint density at radius 3 is 2.82 bits per heavy atom. The van der Waals surface area contributed by atoms with Gasteiger partial charge in [-0.05, 0) is 31.4 Å². The first-order valence-electron chi connectivity index (χ1n) is 8.33. The Labute approximate surface area is 133 Å². The first-order chi connectivity index (χ1) is 10.7. The van der Waals surface area contributed by atoms with Crippen molar-refractivity contribution in [3.8, 4) is 0 Å². The molecule has 0 N–H and O–H groups in total. The van der Waals surface area contributed by atoms with Crippen molar-refractivity contribution in [2.24, 2.45) is 0 Å². The normalized spacial score (nSPS) is 26.3. The zero-order valence-electron chi connectivity index (χ0n) is 13.5. The van der Waals surface area contributed by atoms with E-state index in [1.54, 1.807) is 6.92 Å². The standard InChI is InChI=1S/C18H26N2O2/c1-16(21)20-12-13-22-18(15-20)9-5-10-19(14-18)11-8-17-6-3-2-4-7-17/h2-4,6-7H,5,8-15H2,1H3/t18-/m0/s1. The summed E-state index contributed by atoms with van der Waals surface area (Å²) in [5, 5.41) is 0. The van der Waals surface area contributed by atoms with Gasteiger partial charge in [-0.2, -0.15) is 0 Å². The molecule has 120 valence electrons. The molecular formula is C18H26N2O2. The molecule has 4 nitrogen and oxygen atoms in total. The number of nitrogens with zero attached hydrogens (tertiary/aromatic N) is 2. The van der Waals surface area contributed by atoms with Gasteiger partial charge in [-0.15, -0.1) is 0 Å². The molecular weight excluding hydrogens is 276 g/mol. The van der Waals surface area contributed by atoms with Crippen molar-refractivity contribution in [3.05, 3.63) is 35.9 Å². The van der Waals surface area contributed by atoms with E-state index in [-0.39, 0.29) is 11.5 Å². The summed E-state index contributed by atoms with van der Waals surface area (Å²) in [6.07, 6.45) is 3.30. The molecule has 2 saturated heterocycles. The molecule has 2 aliphatic heterocycles. The number of hydrogen-bond acceptors (Lipinski definition) is 3. The van der Waals surface area contributed by atoms with Crippen molar-refractivity contribution >= 4 is 5.91 Å². The van der Waals surface area contributed by atoms with E-state index >= 15 is 0 Å². The highest BCUT2D eigenvalue weighted by molar-refractivity contribution is 5.73. The SMILES string of the molecule is CC(=O)N1CCO[C@]2(CCCN(CCc3ccccc3)C2)C1. The van der Waals surface area contributed by atoms with Gasteiger partial charge in [0.25, 0.3) is 0 Å². The van der Waals surface area contributed by atoms with Crippen LogP contribution < -0.4 is 0 Å². The maximum absolute atomic E-state index is 11.7. The lowest BCUT2D eigenvalue weighted by Crippen LogP contribution is -2.60. The second-order valence-corrected chi connectivity index (χ2v) is 6.59. The lowest BCUT2D eigenvalue weighted by atomic mass is 9.90. The van der Waals surface area contributed by atoms with Crippen LogP contribution in [-0.2, 0) is 16.0 Å². The minimum atomic E-state index is -0.140. The van der Waals surface area contributed by atoms with E-state index in [1.165, 1.54) is 5.56 Å². The molecule has 4 heteroatoms. The molecule has 22 heavy (non-hydrogen) atoms. The number of amides is 1. The van der Waals surface area contributed by atoms with E-state index in [0.29, 0.717) is 6.61 Å². The van der Waals surface area contributed by atoms with Crippen molar-refractivity contribution < 1.29 is 9.53 Å². The van der Waals surface area contributed by atoms with Gasteiger partial charge in [0.2, 0.25) is 5.91 Å². The van der Waals surface area contributed by atoms with Gasteiger partial charge < -0.3 is 14.5 Å². The molecule has 3 rings (SSSR count). The minimum Gasteiger partial charge on any atom is -0.370 e. The Hall–Kier alpha value is -1.39. The number of carbonyl (C=O) groups is 1. The Morgan fingerprint density at radius 1 is 1.23 bits per heavy atom. The van der Waals surface area contributed by atoms with E-state index in [2.05, 4.69) is 35.2 Å². The smallest absolute Gasteiger partial charge is 0.219 e. The van der Waals surface area contributed by atoms with E-state index in [0.717, 1.165) is 52.0 Å². The Bertz CT molecular complexity index is 501. The quantitative estimate of drug-likeness (QED) is 0.855. The average Bonchev–Trinajstić information content (AvgIpc) is 2.54. The first kappa shape index (κ1) is 15.5. The number of rotatable bonds is 3. The summed E-state index contributed by atoms with van der Waals surface area (Å²) in [4.78, 5) is 16.1. The fourth-order valence-electron chi connectivity index (χ4n) is 3.67. The highest BCUT2D eigenvalue weighted by Crippen LogP contribution is 2.29. The Kier molecular flexibility index (Phi) is 4.79. The largest absolute Gasteiger partial charge is 0.370 e. The highest BCUT2D eigenvalue weighted by Gasteiger charge is 2.40. The van der Waals surface area contributed by atoms with Gasteiger partial charge in [0.15, 0.2) is 0 Å². The number of likely N-dealkylation sites (tertiary alicyclic amines) is 1.